The van der Waals surface area contributed by atoms with E-state index in [0.717, 1.165) is 37.4 Å². The third kappa shape index (κ3) is 6.99. The third-order valence-electron chi connectivity index (χ3n) is 8.22. The lowest BCUT2D eigenvalue weighted by Crippen LogP contribution is -2.39. The Morgan fingerprint density at radius 3 is 2.58 bits per heavy atom. The first-order valence-corrected chi connectivity index (χ1v) is 15.5. The molecule has 3 heterocycles. The number of likely N-dealkylation sites (tertiary alicyclic amines) is 1. The molecule has 5 rings (SSSR count). The average Bonchev–Trinajstić information content (AvgIpc) is 3.49. The van der Waals surface area contributed by atoms with Crippen LogP contribution < -0.4 is 14.2 Å². The Bertz CT molecular complexity index is 1350. The number of carbonyl (C=O) groups is 2. The fourth-order valence-corrected chi connectivity index (χ4v) is 5.96. The summed E-state index contributed by atoms with van der Waals surface area (Å²) in [4.78, 5) is 31.1. The van der Waals surface area contributed by atoms with Crippen LogP contribution in [-0.4, -0.2) is 85.3 Å². The average molecular weight is 593 g/mol. The first-order valence-electron chi connectivity index (χ1n) is 15.5. The van der Waals surface area contributed by atoms with E-state index >= 15 is 0 Å². The van der Waals surface area contributed by atoms with Crippen LogP contribution in [0.1, 0.15) is 63.3 Å². The lowest BCUT2D eigenvalue weighted by molar-refractivity contribution is -0.140. The largest absolute Gasteiger partial charge is 0.507 e. The minimum atomic E-state index is -0.767. The number of rotatable bonds is 12. The summed E-state index contributed by atoms with van der Waals surface area (Å²) >= 11 is 0. The molecular weight excluding hydrogens is 548 g/mol. The van der Waals surface area contributed by atoms with Gasteiger partial charge in [0.05, 0.1) is 38.0 Å². The first-order chi connectivity index (χ1) is 20.8. The molecule has 43 heavy (non-hydrogen) atoms. The fourth-order valence-electron chi connectivity index (χ4n) is 5.96. The molecule has 9 heteroatoms. The summed E-state index contributed by atoms with van der Waals surface area (Å²) in [5.74, 6) is 0.960. The Morgan fingerprint density at radius 1 is 1.05 bits per heavy atom. The number of benzene rings is 2. The zero-order valence-corrected chi connectivity index (χ0v) is 25.8. The highest BCUT2D eigenvalue weighted by Crippen LogP contribution is 2.43. The van der Waals surface area contributed by atoms with E-state index in [-0.39, 0.29) is 17.4 Å². The van der Waals surface area contributed by atoms with E-state index in [9.17, 15) is 14.7 Å². The lowest BCUT2D eigenvalue weighted by Gasteiger charge is -2.29. The maximum atomic E-state index is 13.6. The number of ether oxygens (including phenoxy) is 4. The number of morpholine rings is 1. The molecule has 0 bridgehead atoms. The fraction of sp³-hybridized carbons (Fsp3) is 0.529. The lowest BCUT2D eigenvalue weighted by atomic mass is 9.94. The van der Waals surface area contributed by atoms with E-state index < -0.39 is 17.7 Å². The van der Waals surface area contributed by atoms with Crippen molar-refractivity contribution in [3.63, 3.8) is 0 Å². The van der Waals surface area contributed by atoms with Gasteiger partial charge in [-0.3, -0.25) is 14.5 Å². The van der Waals surface area contributed by atoms with Crippen LogP contribution in [0.2, 0.25) is 0 Å². The molecule has 0 aromatic heterocycles. The van der Waals surface area contributed by atoms with Crippen molar-refractivity contribution in [2.24, 2.45) is 5.92 Å². The van der Waals surface area contributed by atoms with E-state index in [4.69, 9.17) is 18.9 Å². The highest BCUT2D eigenvalue weighted by Gasteiger charge is 2.46. The Morgan fingerprint density at radius 2 is 1.84 bits per heavy atom. The predicted octanol–water partition coefficient (Wildman–Crippen LogP) is 4.98. The molecule has 0 unspecified atom stereocenters. The maximum absolute atomic E-state index is 13.6. The highest BCUT2D eigenvalue weighted by atomic mass is 16.5. The van der Waals surface area contributed by atoms with Crippen molar-refractivity contribution in [1.29, 1.82) is 0 Å². The molecule has 232 valence electrons. The third-order valence-corrected chi connectivity index (χ3v) is 8.22. The van der Waals surface area contributed by atoms with Crippen molar-refractivity contribution in [2.45, 2.75) is 59.1 Å². The van der Waals surface area contributed by atoms with Gasteiger partial charge >= 0.3 is 0 Å². The number of carbonyl (C=O) groups excluding carboxylic acids is 2. The van der Waals surface area contributed by atoms with E-state index in [0.29, 0.717) is 74.4 Å². The van der Waals surface area contributed by atoms with E-state index in [2.05, 4.69) is 18.7 Å². The second-order valence-electron chi connectivity index (χ2n) is 11.9. The Hall–Kier alpha value is -3.56. The van der Waals surface area contributed by atoms with Gasteiger partial charge in [-0.2, -0.15) is 0 Å². The normalized spacial score (nSPS) is 21.7. The summed E-state index contributed by atoms with van der Waals surface area (Å²) in [5, 5.41) is 11.6. The summed E-state index contributed by atoms with van der Waals surface area (Å²) in [5.41, 5.74) is 2.23. The monoisotopic (exact) mass is 592 g/mol. The van der Waals surface area contributed by atoms with Gasteiger partial charge in [-0.05, 0) is 74.1 Å². The van der Waals surface area contributed by atoms with Gasteiger partial charge in [0.1, 0.15) is 17.6 Å². The standard InChI is InChI=1S/C34H44N2O7/c1-5-41-29-21-24(7-10-28(29)42-16-11-22(2)3)31-30(32(37)25-8-9-27-26(20-25)19-23(4)43-27)33(38)34(39)36(31)13-6-12-35-14-17-40-18-15-35/h7-10,20-23,31,37H,5-6,11-19H2,1-4H3/t23-,31-/m0/s1. The van der Waals surface area contributed by atoms with Crippen LogP contribution in [0.3, 0.4) is 0 Å². The van der Waals surface area contributed by atoms with Gasteiger partial charge in [-0.1, -0.05) is 19.9 Å². The molecule has 0 spiro atoms. The smallest absolute Gasteiger partial charge is 0.295 e. The van der Waals surface area contributed by atoms with Crippen LogP contribution in [-0.2, 0) is 20.7 Å². The zero-order valence-electron chi connectivity index (χ0n) is 25.8. The van der Waals surface area contributed by atoms with Crippen molar-refractivity contribution in [2.75, 3.05) is 52.6 Å². The highest BCUT2D eigenvalue weighted by molar-refractivity contribution is 6.46. The quantitative estimate of drug-likeness (QED) is 0.210. The molecule has 2 aromatic carbocycles. The van der Waals surface area contributed by atoms with Crippen molar-refractivity contribution < 1.29 is 33.6 Å². The molecule has 3 aliphatic rings. The first kappa shape index (κ1) is 30.9. The molecule has 2 aromatic rings. The molecule has 1 amide bonds. The van der Waals surface area contributed by atoms with Gasteiger partial charge in [-0.15, -0.1) is 0 Å². The minimum absolute atomic E-state index is 0.0442. The molecule has 9 nitrogen and oxygen atoms in total. The van der Waals surface area contributed by atoms with Crippen LogP contribution in [0, 0.1) is 5.92 Å². The molecule has 2 saturated heterocycles. The van der Waals surface area contributed by atoms with Crippen LogP contribution in [0.5, 0.6) is 17.2 Å². The zero-order chi connectivity index (χ0) is 30.5. The van der Waals surface area contributed by atoms with Gasteiger partial charge in [0, 0.05) is 38.2 Å². The number of hydrogen-bond donors (Lipinski definition) is 1. The van der Waals surface area contributed by atoms with Gasteiger partial charge in [0.2, 0.25) is 0 Å². The van der Waals surface area contributed by atoms with Crippen LogP contribution in [0.4, 0.5) is 0 Å². The Labute approximate surface area is 254 Å². The molecular formula is C34H44N2O7. The van der Waals surface area contributed by atoms with Crippen LogP contribution >= 0.6 is 0 Å². The number of fused-ring (bicyclic) bond motifs is 1. The molecule has 2 atom stereocenters. The van der Waals surface area contributed by atoms with Crippen LogP contribution in [0.25, 0.3) is 5.76 Å². The molecule has 0 saturated carbocycles. The summed E-state index contributed by atoms with van der Waals surface area (Å²) in [6.07, 6.45) is 2.35. The number of nitrogens with zero attached hydrogens (tertiary/aromatic N) is 2. The number of aliphatic hydroxyl groups excluding tert-OH is 1. The predicted molar refractivity (Wildman–Crippen MR) is 164 cm³/mol. The Kier molecular flexibility index (Phi) is 9.93. The van der Waals surface area contributed by atoms with E-state index in [1.54, 1.807) is 11.0 Å². The number of amides is 1. The second-order valence-corrected chi connectivity index (χ2v) is 11.9. The molecule has 0 aliphatic carbocycles. The summed E-state index contributed by atoms with van der Waals surface area (Å²) in [6, 6.07) is 10.2. The van der Waals surface area contributed by atoms with Gasteiger partial charge in [0.15, 0.2) is 11.5 Å². The summed E-state index contributed by atoms with van der Waals surface area (Å²) in [7, 11) is 0. The van der Waals surface area contributed by atoms with Gasteiger partial charge in [-0.25, -0.2) is 0 Å². The summed E-state index contributed by atoms with van der Waals surface area (Å²) < 4.78 is 23.3. The van der Waals surface area contributed by atoms with Crippen LogP contribution in [0.15, 0.2) is 42.0 Å². The van der Waals surface area contributed by atoms with Crippen molar-refractivity contribution in [3.05, 3.63) is 58.7 Å². The molecule has 1 N–H and O–H groups in total. The summed E-state index contributed by atoms with van der Waals surface area (Å²) in [6.45, 7) is 13.4. The van der Waals surface area contributed by atoms with E-state index in [1.807, 2.05) is 44.2 Å². The van der Waals surface area contributed by atoms with E-state index in [1.165, 1.54) is 0 Å². The SMILES string of the molecule is CCOc1cc([C@H]2C(=C(O)c3ccc4c(c3)C[C@H](C)O4)C(=O)C(=O)N2CCCN2CCOCC2)ccc1OCCC(C)C. The minimum Gasteiger partial charge on any atom is -0.507 e. The number of aliphatic hydroxyl groups is 1. The number of hydrogen-bond acceptors (Lipinski definition) is 8. The van der Waals surface area contributed by atoms with Gasteiger partial charge in [0.25, 0.3) is 11.7 Å². The molecule has 0 radical (unpaired) electrons. The Balaban J connectivity index is 1.50. The topological polar surface area (TPSA) is 97.8 Å². The number of ketones is 1. The number of Topliss-reactive ketones (excluding diaryl/α,β-unsaturated/α-hetero) is 1. The van der Waals surface area contributed by atoms with Crippen molar-refractivity contribution in [3.8, 4) is 17.2 Å². The van der Waals surface area contributed by atoms with Crippen molar-refractivity contribution >= 4 is 17.4 Å². The molecule has 2 fully saturated rings. The maximum Gasteiger partial charge on any atom is 0.295 e. The molecule has 3 aliphatic heterocycles. The second kappa shape index (κ2) is 13.8. The van der Waals surface area contributed by atoms with Crippen molar-refractivity contribution in [1.82, 2.24) is 9.80 Å². The van der Waals surface area contributed by atoms with Gasteiger partial charge < -0.3 is 29.0 Å².